The van der Waals surface area contributed by atoms with Gasteiger partial charge in [-0.2, -0.15) is 0 Å². The van der Waals surface area contributed by atoms with E-state index in [4.69, 9.17) is 4.74 Å². The van der Waals surface area contributed by atoms with E-state index < -0.39 is 0 Å². The van der Waals surface area contributed by atoms with Gasteiger partial charge in [-0.3, -0.25) is 4.79 Å². The van der Waals surface area contributed by atoms with Crippen LogP contribution in [0.25, 0.3) is 6.08 Å². The number of rotatable bonds is 5. The first-order chi connectivity index (χ1) is 13.7. The van der Waals surface area contributed by atoms with E-state index in [2.05, 4.69) is 21.4 Å². The van der Waals surface area contributed by atoms with Crippen LogP contribution in [-0.2, 0) is 11.2 Å². The lowest BCUT2D eigenvalue weighted by atomic mass is 10.1. The van der Waals surface area contributed by atoms with Crippen LogP contribution >= 0.6 is 11.8 Å². The molecule has 3 aromatic rings. The molecule has 1 aliphatic rings. The molecule has 0 saturated heterocycles. The van der Waals surface area contributed by atoms with Crippen molar-refractivity contribution in [1.82, 2.24) is 9.97 Å². The van der Waals surface area contributed by atoms with E-state index in [1.165, 1.54) is 17.3 Å². The second kappa shape index (κ2) is 8.27. The second-order valence-electron chi connectivity index (χ2n) is 6.40. The number of nitrogens with zero attached hydrogens (tertiary/aromatic N) is 2. The van der Waals surface area contributed by atoms with Gasteiger partial charge in [0.2, 0.25) is 5.91 Å². The van der Waals surface area contributed by atoms with Crippen LogP contribution in [0.1, 0.15) is 16.7 Å². The van der Waals surface area contributed by atoms with Gasteiger partial charge in [-0.1, -0.05) is 6.07 Å². The summed E-state index contributed by atoms with van der Waals surface area (Å²) in [6, 6.07) is 13.6. The molecule has 1 aromatic heterocycles. The summed E-state index contributed by atoms with van der Waals surface area (Å²) in [6.45, 7) is 2.70. The van der Waals surface area contributed by atoms with E-state index in [0.717, 1.165) is 40.5 Å². The molecular weight excluding hydrogens is 370 g/mol. The zero-order chi connectivity index (χ0) is 19.3. The van der Waals surface area contributed by atoms with Crippen molar-refractivity contribution >= 4 is 29.4 Å². The SMILES string of the molecule is Cc1cc(Sc2ncccn2)ccc1NC(=O)/C=C/c1ccc2c(c1)CCO2. The van der Waals surface area contributed by atoms with E-state index in [-0.39, 0.29) is 5.91 Å². The number of carbonyl (C=O) groups is 1. The molecule has 0 radical (unpaired) electrons. The van der Waals surface area contributed by atoms with Crippen molar-refractivity contribution in [3.05, 3.63) is 77.6 Å². The fraction of sp³-hybridized carbons (Fsp3) is 0.136. The number of fused-ring (bicyclic) bond motifs is 1. The molecule has 0 atom stereocenters. The van der Waals surface area contributed by atoms with Crippen LogP contribution in [0.15, 0.2) is 71.0 Å². The summed E-state index contributed by atoms with van der Waals surface area (Å²) in [7, 11) is 0. The molecule has 140 valence electrons. The Morgan fingerprint density at radius 1 is 1.18 bits per heavy atom. The Kier molecular flexibility index (Phi) is 5.39. The molecule has 0 bridgehead atoms. The molecule has 1 N–H and O–H groups in total. The summed E-state index contributed by atoms with van der Waals surface area (Å²) in [4.78, 5) is 21.8. The molecule has 0 unspecified atom stereocenters. The molecule has 0 fully saturated rings. The van der Waals surface area contributed by atoms with Gasteiger partial charge in [0.15, 0.2) is 5.16 Å². The van der Waals surface area contributed by atoms with Crippen LogP contribution in [0.2, 0.25) is 0 Å². The summed E-state index contributed by atoms with van der Waals surface area (Å²) in [5.74, 6) is 0.780. The van der Waals surface area contributed by atoms with E-state index in [0.29, 0.717) is 5.16 Å². The maximum Gasteiger partial charge on any atom is 0.248 e. The monoisotopic (exact) mass is 389 g/mol. The maximum absolute atomic E-state index is 12.3. The Bertz CT molecular complexity index is 1040. The third-order valence-electron chi connectivity index (χ3n) is 4.35. The van der Waals surface area contributed by atoms with Crippen molar-refractivity contribution in [2.24, 2.45) is 0 Å². The molecule has 2 heterocycles. The van der Waals surface area contributed by atoms with Gasteiger partial charge < -0.3 is 10.1 Å². The summed E-state index contributed by atoms with van der Waals surface area (Å²) < 4.78 is 5.51. The number of benzene rings is 2. The highest BCUT2D eigenvalue weighted by molar-refractivity contribution is 7.99. The largest absolute Gasteiger partial charge is 0.493 e. The minimum atomic E-state index is -0.161. The van der Waals surface area contributed by atoms with Gasteiger partial charge >= 0.3 is 0 Å². The summed E-state index contributed by atoms with van der Waals surface area (Å²) >= 11 is 1.49. The van der Waals surface area contributed by atoms with Crippen molar-refractivity contribution in [3.63, 3.8) is 0 Å². The Morgan fingerprint density at radius 3 is 2.86 bits per heavy atom. The fourth-order valence-corrected chi connectivity index (χ4v) is 3.75. The quantitative estimate of drug-likeness (QED) is 0.513. The summed E-state index contributed by atoms with van der Waals surface area (Å²) in [5.41, 5.74) is 3.95. The lowest BCUT2D eigenvalue weighted by Crippen LogP contribution is -2.08. The van der Waals surface area contributed by atoms with Gasteiger partial charge in [0.05, 0.1) is 6.61 Å². The van der Waals surface area contributed by atoms with Crippen LogP contribution in [0.5, 0.6) is 5.75 Å². The van der Waals surface area contributed by atoms with Crippen molar-refractivity contribution < 1.29 is 9.53 Å². The van der Waals surface area contributed by atoms with E-state index >= 15 is 0 Å². The highest BCUT2D eigenvalue weighted by Gasteiger charge is 2.11. The van der Waals surface area contributed by atoms with Gasteiger partial charge in [0, 0.05) is 35.5 Å². The van der Waals surface area contributed by atoms with Crippen molar-refractivity contribution in [1.29, 1.82) is 0 Å². The van der Waals surface area contributed by atoms with Gasteiger partial charge in [-0.15, -0.1) is 0 Å². The number of carbonyl (C=O) groups excluding carboxylic acids is 1. The zero-order valence-electron chi connectivity index (χ0n) is 15.4. The second-order valence-corrected chi connectivity index (χ2v) is 7.44. The smallest absolute Gasteiger partial charge is 0.248 e. The third-order valence-corrected chi connectivity index (χ3v) is 5.23. The Labute approximate surface area is 167 Å². The average molecular weight is 389 g/mol. The number of anilines is 1. The van der Waals surface area contributed by atoms with Crippen molar-refractivity contribution in [2.45, 2.75) is 23.4 Å². The molecule has 0 aliphatic carbocycles. The standard InChI is InChI=1S/C22H19N3O2S/c1-15-13-18(28-22-23-10-2-11-24-22)5-6-19(15)25-21(26)8-4-16-3-7-20-17(14-16)9-12-27-20/h2-8,10-11,13-14H,9,12H2,1H3,(H,25,26)/b8-4+. The van der Waals surface area contributed by atoms with Crippen LogP contribution in [-0.4, -0.2) is 22.5 Å². The number of ether oxygens (including phenoxy) is 1. The summed E-state index contributed by atoms with van der Waals surface area (Å²) in [5, 5.41) is 3.63. The molecule has 2 aromatic carbocycles. The van der Waals surface area contributed by atoms with Crippen LogP contribution in [0.3, 0.4) is 0 Å². The molecule has 0 saturated carbocycles. The number of amides is 1. The number of nitrogens with one attached hydrogen (secondary N) is 1. The van der Waals surface area contributed by atoms with E-state index in [1.807, 2.05) is 43.3 Å². The van der Waals surface area contributed by atoms with Crippen molar-refractivity contribution in [3.8, 4) is 5.75 Å². The van der Waals surface area contributed by atoms with Gasteiger partial charge in [0.1, 0.15) is 5.75 Å². The summed E-state index contributed by atoms with van der Waals surface area (Å²) in [6.07, 6.45) is 7.73. The van der Waals surface area contributed by atoms with Crippen LogP contribution < -0.4 is 10.1 Å². The minimum Gasteiger partial charge on any atom is -0.493 e. The number of hydrogen-bond acceptors (Lipinski definition) is 5. The lowest BCUT2D eigenvalue weighted by Gasteiger charge is -2.08. The van der Waals surface area contributed by atoms with E-state index in [9.17, 15) is 4.79 Å². The molecular formula is C22H19N3O2S. The van der Waals surface area contributed by atoms with Crippen LogP contribution in [0.4, 0.5) is 5.69 Å². The topological polar surface area (TPSA) is 64.1 Å². The maximum atomic E-state index is 12.3. The Morgan fingerprint density at radius 2 is 2.04 bits per heavy atom. The molecule has 4 rings (SSSR count). The van der Waals surface area contributed by atoms with Gasteiger partial charge in [0.25, 0.3) is 0 Å². The molecule has 1 amide bonds. The predicted octanol–water partition coefficient (Wildman–Crippen LogP) is 4.52. The highest BCUT2D eigenvalue weighted by Crippen LogP contribution is 2.28. The fourth-order valence-electron chi connectivity index (χ4n) is 2.94. The number of hydrogen-bond donors (Lipinski definition) is 1. The first kappa shape index (κ1) is 18.3. The van der Waals surface area contributed by atoms with Gasteiger partial charge in [-0.25, -0.2) is 9.97 Å². The molecule has 1 aliphatic heterocycles. The Balaban J connectivity index is 1.40. The first-order valence-electron chi connectivity index (χ1n) is 8.98. The minimum absolute atomic E-state index is 0.161. The predicted molar refractivity (Wildman–Crippen MR) is 111 cm³/mol. The van der Waals surface area contributed by atoms with E-state index in [1.54, 1.807) is 24.5 Å². The zero-order valence-corrected chi connectivity index (χ0v) is 16.2. The highest BCUT2D eigenvalue weighted by atomic mass is 32.2. The molecule has 28 heavy (non-hydrogen) atoms. The lowest BCUT2D eigenvalue weighted by molar-refractivity contribution is -0.111. The normalized spacial score (nSPS) is 12.6. The first-order valence-corrected chi connectivity index (χ1v) is 9.79. The number of aryl methyl sites for hydroxylation is 1. The molecule has 5 nitrogen and oxygen atoms in total. The molecule has 0 spiro atoms. The number of aromatic nitrogens is 2. The van der Waals surface area contributed by atoms with Crippen molar-refractivity contribution in [2.75, 3.05) is 11.9 Å². The van der Waals surface area contributed by atoms with Crippen LogP contribution in [0, 0.1) is 6.92 Å². The third kappa shape index (κ3) is 4.40. The average Bonchev–Trinajstić information content (AvgIpc) is 3.17. The molecule has 6 heteroatoms. The Hall–Kier alpha value is -3.12. The van der Waals surface area contributed by atoms with Gasteiger partial charge in [-0.05, 0) is 77.9 Å².